The molecule has 1 atom stereocenters. The Morgan fingerprint density at radius 1 is 0.974 bits per heavy atom. The second kappa shape index (κ2) is 10.3. The Hall–Kier alpha value is -4.11. The van der Waals surface area contributed by atoms with Crippen LogP contribution in [0.3, 0.4) is 0 Å². The lowest BCUT2D eigenvalue weighted by molar-refractivity contribution is -0.136. The molecular weight excluding hydrogens is 480 g/mol. The van der Waals surface area contributed by atoms with Gasteiger partial charge in [0.2, 0.25) is 11.8 Å². The summed E-state index contributed by atoms with van der Waals surface area (Å²) in [7, 11) is 0. The van der Waals surface area contributed by atoms with E-state index in [0.717, 1.165) is 55.1 Å². The monoisotopic (exact) mass is 510 g/mol. The van der Waals surface area contributed by atoms with E-state index in [4.69, 9.17) is 0 Å². The van der Waals surface area contributed by atoms with Crippen molar-refractivity contribution >= 4 is 29.2 Å². The summed E-state index contributed by atoms with van der Waals surface area (Å²) in [6.07, 6.45) is 4.55. The Kier molecular flexibility index (Phi) is 6.59. The molecule has 3 aliphatic rings. The van der Waals surface area contributed by atoms with E-state index in [2.05, 4.69) is 43.9 Å². The number of piperidine rings is 2. The van der Waals surface area contributed by atoms with Gasteiger partial charge in [0.25, 0.3) is 5.91 Å². The van der Waals surface area contributed by atoms with Crippen LogP contribution >= 0.6 is 0 Å². The maximum absolute atomic E-state index is 13.0. The molecular formula is C29H30N6O3. The summed E-state index contributed by atoms with van der Waals surface area (Å²) < 4.78 is 0. The minimum atomic E-state index is -0.578. The van der Waals surface area contributed by atoms with Crippen LogP contribution in [0.1, 0.15) is 58.6 Å². The minimum absolute atomic E-state index is 0.122. The molecule has 6 rings (SSSR count). The van der Waals surface area contributed by atoms with Gasteiger partial charge in [0.05, 0.1) is 6.20 Å². The third-order valence-electron chi connectivity index (χ3n) is 7.77. The molecule has 3 aliphatic heterocycles. The quantitative estimate of drug-likeness (QED) is 0.490. The Labute approximate surface area is 221 Å². The Morgan fingerprint density at radius 3 is 2.58 bits per heavy atom. The van der Waals surface area contributed by atoms with Crippen LogP contribution in [0, 0.1) is 0 Å². The SMILES string of the molecule is O=C1CCC(N2Cc3cc(C4CCN(Cc5cnnc(Nc6ccccc6)c5)CC4)ccc3C2=O)C(=O)N1. The molecule has 3 amide bonds. The molecule has 9 nitrogen and oxygen atoms in total. The van der Waals surface area contributed by atoms with Gasteiger partial charge in [-0.05, 0) is 79.2 Å². The van der Waals surface area contributed by atoms with Crippen LogP contribution in [-0.2, 0) is 22.7 Å². The van der Waals surface area contributed by atoms with E-state index in [1.165, 1.54) is 5.56 Å². The number of amides is 3. The maximum Gasteiger partial charge on any atom is 0.255 e. The normalized spacial score (nSPS) is 20.4. The molecule has 38 heavy (non-hydrogen) atoms. The number of likely N-dealkylation sites (tertiary alicyclic amines) is 1. The lowest BCUT2D eigenvalue weighted by atomic mass is 9.88. The van der Waals surface area contributed by atoms with Crippen molar-refractivity contribution in [3.05, 3.63) is 83.0 Å². The number of nitrogens with one attached hydrogen (secondary N) is 2. The predicted molar refractivity (Wildman–Crippen MR) is 141 cm³/mol. The molecule has 2 saturated heterocycles. The fourth-order valence-electron chi connectivity index (χ4n) is 5.75. The van der Waals surface area contributed by atoms with E-state index in [1.54, 1.807) is 4.90 Å². The number of benzene rings is 2. The number of anilines is 2. The number of para-hydroxylation sites is 1. The van der Waals surface area contributed by atoms with E-state index < -0.39 is 6.04 Å². The molecule has 194 valence electrons. The molecule has 0 bridgehead atoms. The van der Waals surface area contributed by atoms with Crippen molar-refractivity contribution in [2.24, 2.45) is 0 Å². The van der Waals surface area contributed by atoms with Crippen LogP contribution in [0.25, 0.3) is 0 Å². The summed E-state index contributed by atoms with van der Waals surface area (Å²) in [6, 6.07) is 17.6. The second-order valence-electron chi connectivity index (χ2n) is 10.3. The number of hydrogen-bond donors (Lipinski definition) is 2. The molecule has 9 heteroatoms. The Balaban J connectivity index is 1.06. The molecule has 0 aliphatic carbocycles. The average molecular weight is 511 g/mol. The summed E-state index contributed by atoms with van der Waals surface area (Å²) >= 11 is 0. The summed E-state index contributed by atoms with van der Waals surface area (Å²) in [5, 5.41) is 14.1. The first-order chi connectivity index (χ1) is 18.5. The topological polar surface area (TPSA) is 108 Å². The van der Waals surface area contributed by atoms with Gasteiger partial charge in [-0.2, -0.15) is 5.10 Å². The molecule has 1 unspecified atom stereocenters. The van der Waals surface area contributed by atoms with Crippen LogP contribution in [0.2, 0.25) is 0 Å². The van der Waals surface area contributed by atoms with Gasteiger partial charge in [-0.1, -0.05) is 30.3 Å². The largest absolute Gasteiger partial charge is 0.339 e. The van der Waals surface area contributed by atoms with Crippen molar-refractivity contribution in [2.45, 2.75) is 50.7 Å². The zero-order valence-electron chi connectivity index (χ0n) is 21.1. The fraction of sp³-hybridized carbons (Fsp3) is 0.345. The number of hydrogen-bond acceptors (Lipinski definition) is 7. The van der Waals surface area contributed by atoms with Crippen molar-refractivity contribution in [3.63, 3.8) is 0 Å². The third-order valence-corrected chi connectivity index (χ3v) is 7.77. The van der Waals surface area contributed by atoms with Crippen molar-refractivity contribution in [2.75, 3.05) is 18.4 Å². The van der Waals surface area contributed by atoms with Gasteiger partial charge in [-0.3, -0.25) is 24.6 Å². The zero-order valence-corrected chi connectivity index (χ0v) is 21.1. The van der Waals surface area contributed by atoms with E-state index in [-0.39, 0.29) is 24.1 Å². The summed E-state index contributed by atoms with van der Waals surface area (Å²) in [5.41, 5.74) is 5.00. The van der Waals surface area contributed by atoms with Gasteiger partial charge < -0.3 is 10.2 Å². The molecule has 3 aromatic rings. The van der Waals surface area contributed by atoms with Gasteiger partial charge in [0, 0.05) is 30.8 Å². The number of rotatable bonds is 6. The number of fused-ring (bicyclic) bond motifs is 1. The zero-order chi connectivity index (χ0) is 26.1. The predicted octanol–water partition coefficient (Wildman–Crippen LogP) is 3.36. The first kappa shape index (κ1) is 24.2. The first-order valence-corrected chi connectivity index (χ1v) is 13.2. The van der Waals surface area contributed by atoms with Crippen molar-refractivity contribution in [3.8, 4) is 0 Å². The summed E-state index contributed by atoms with van der Waals surface area (Å²) in [6.45, 7) is 3.20. The first-order valence-electron chi connectivity index (χ1n) is 13.2. The number of carbonyl (C=O) groups is 3. The smallest absolute Gasteiger partial charge is 0.255 e. The van der Waals surface area contributed by atoms with Gasteiger partial charge in [-0.15, -0.1) is 5.10 Å². The lowest BCUT2D eigenvalue weighted by Crippen LogP contribution is -2.52. The van der Waals surface area contributed by atoms with Gasteiger partial charge in [-0.25, -0.2) is 0 Å². The average Bonchev–Trinajstić information content (AvgIpc) is 3.25. The van der Waals surface area contributed by atoms with E-state index in [1.807, 2.05) is 42.6 Å². The lowest BCUT2D eigenvalue weighted by Gasteiger charge is -2.32. The van der Waals surface area contributed by atoms with Gasteiger partial charge >= 0.3 is 0 Å². The molecule has 0 radical (unpaired) electrons. The summed E-state index contributed by atoms with van der Waals surface area (Å²) in [5.74, 6) is 0.406. The van der Waals surface area contributed by atoms with E-state index in [9.17, 15) is 14.4 Å². The number of carbonyl (C=O) groups excluding carboxylic acids is 3. The highest BCUT2D eigenvalue weighted by Crippen LogP contribution is 2.34. The second-order valence-corrected chi connectivity index (χ2v) is 10.3. The van der Waals surface area contributed by atoms with E-state index >= 15 is 0 Å². The highest BCUT2D eigenvalue weighted by atomic mass is 16.2. The number of imide groups is 1. The highest BCUT2D eigenvalue weighted by Gasteiger charge is 2.39. The molecule has 0 spiro atoms. The minimum Gasteiger partial charge on any atom is -0.339 e. The van der Waals surface area contributed by atoms with Crippen LogP contribution in [-0.4, -0.2) is 56.9 Å². The Morgan fingerprint density at radius 2 is 1.79 bits per heavy atom. The van der Waals surface area contributed by atoms with Crippen LogP contribution in [0.5, 0.6) is 0 Å². The van der Waals surface area contributed by atoms with Crippen molar-refractivity contribution < 1.29 is 14.4 Å². The van der Waals surface area contributed by atoms with Crippen LogP contribution in [0.4, 0.5) is 11.5 Å². The molecule has 1 aromatic heterocycles. The number of nitrogens with zero attached hydrogens (tertiary/aromatic N) is 4. The van der Waals surface area contributed by atoms with Gasteiger partial charge in [0.15, 0.2) is 5.82 Å². The highest BCUT2D eigenvalue weighted by molar-refractivity contribution is 6.05. The molecule has 2 N–H and O–H groups in total. The van der Waals surface area contributed by atoms with Crippen molar-refractivity contribution in [1.29, 1.82) is 0 Å². The van der Waals surface area contributed by atoms with Crippen LogP contribution in [0.15, 0.2) is 60.8 Å². The molecule has 0 saturated carbocycles. The number of aromatic nitrogens is 2. The van der Waals surface area contributed by atoms with Crippen LogP contribution < -0.4 is 10.6 Å². The third kappa shape index (κ3) is 5.02. The molecule has 2 fully saturated rings. The summed E-state index contributed by atoms with van der Waals surface area (Å²) in [4.78, 5) is 40.9. The van der Waals surface area contributed by atoms with Gasteiger partial charge in [0.1, 0.15) is 6.04 Å². The van der Waals surface area contributed by atoms with Crippen molar-refractivity contribution in [1.82, 2.24) is 25.3 Å². The standard InChI is InChI=1S/C29H30N6O3/c36-27-9-8-25(28(37)32-27)35-18-22-15-21(6-7-24(22)29(35)38)20-10-12-34(13-11-20)17-19-14-26(33-30-16-19)31-23-4-2-1-3-5-23/h1-7,14-16,20,25H,8-13,17-18H2,(H,31,33)(H,32,36,37). The fourth-order valence-corrected chi connectivity index (χ4v) is 5.75. The van der Waals surface area contributed by atoms with E-state index in [0.29, 0.717) is 24.4 Å². The Bertz CT molecular complexity index is 1370. The molecule has 2 aromatic carbocycles. The molecule has 4 heterocycles. The maximum atomic E-state index is 13.0.